The molecule has 2 rings (SSSR count). The van der Waals surface area contributed by atoms with E-state index in [4.69, 9.17) is 16.3 Å². The Hall–Kier alpha value is -1.65. The van der Waals surface area contributed by atoms with Gasteiger partial charge in [0.15, 0.2) is 0 Å². The molecule has 1 N–H and O–H groups in total. The molecule has 5 heteroatoms. The third kappa shape index (κ3) is 3.22. The number of benzene rings is 2. The van der Waals surface area contributed by atoms with Crippen molar-refractivity contribution in [3.8, 4) is 5.75 Å². The van der Waals surface area contributed by atoms with E-state index in [0.717, 1.165) is 18.2 Å². The van der Waals surface area contributed by atoms with Gasteiger partial charge in [-0.3, -0.25) is 0 Å². The summed E-state index contributed by atoms with van der Waals surface area (Å²) >= 11 is 5.89. The summed E-state index contributed by atoms with van der Waals surface area (Å²) in [6, 6.07) is 8.02. The maximum Gasteiger partial charge on any atom is 0.130 e. The van der Waals surface area contributed by atoms with Gasteiger partial charge in [-0.05, 0) is 30.3 Å². The van der Waals surface area contributed by atoms with Gasteiger partial charge in [0.25, 0.3) is 0 Å². The Balaban J connectivity index is 2.19. The third-order valence-corrected chi connectivity index (χ3v) is 2.98. The van der Waals surface area contributed by atoms with Crippen molar-refractivity contribution < 1.29 is 18.6 Å². The Labute approximate surface area is 114 Å². The molecule has 19 heavy (non-hydrogen) atoms. The summed E-state index contributed by atoms with van der Waals surface area (Å²) in [7, 11) is 0. The molecule has 0 heterocycles. The molecule has 0 fully saturated rings. The zero-order valence-electron chi connectivity index (χ0n) is 9.87. The Morgan fingerprint density at radius 2 is 1.95 bits per heavy atom. The van der Waals surface area contributed by atoms with E-state index in [-0.39, 0.29) is 18.8 Å². The molecule has 2 nitrogen and oxygen atoms in total. The van der Waals surface area contributed by atoms with Crippen LogP contribution in [0.4, 0.5) is 8.78 Å². The molecule has 0 saturated heterocycles. The Morgan fingerprint density at radius 1 is 1.16 bits per heavy atom. The molecule has 2 aromatic rings. The number of hydrogen-bond donors (Lipinski definition) is 1. The van der Waals surface area contributed by atoms with Crippen LogP contribution in [-0.4, -0.2) is 5.11 Å². The zero-order valence-corrected chi connectivity index (χ0v) is 10.6. The van der Waals surface area contributed by atoms with Crippen LogP contribution in [0.3, 0.4) is 0 Å². The predicted octanol–water partition coefficient (Wildman–Crippen LogP) is 3.69. The number of ether oxygens (including phenoxy) is 1. The van der Waals surface area contributed by atoms with E-state index in [1.54, 1.807) is 18.2 Å². The summed E-state index contributed by atoms with van der Waals surface area (Å²) in [5.41, 5.74) is 0.518. The molecule has 0 aromatic heterocycles. The van der Waals surface area contributed by atoms with Crippen molar-refractivity contribution in [1.82, 2.24) is 0 Å². The smallest absolute Gasteiger partial charge is 0.130 e. The first-order valence-corrected chi connectivity index (χ1v) is 5.94. The minimum absolute atomic E-state index is 0.101. The maximum absolute atomic E-state index is 13.4. The summed E-state index contributed by atoms with van der Waals surface area (Å²) < 4.78 is 31.8. The fraction of sp³-hybridized carbons (Fsp3) is 0.143. The molecule has 0 atom stereocenters. The highest BCUT2D eigenvalue weighted by atomic mass is 35.5. The van der Waals surface area contributed by atoms with Gasteiger partial charge in [-0.1, -0.05) is 17.7 Å². The topological polar surface area (TPSA) is 29.5 Å². The van der Waals surface area contributed by atoms with Crippen LogP contribution in [0.15, 0.2) is 36.4 Å². The highest BCUT2D eigenvalue weighted by Gasteiger charge is 2.09. The quantitative estimate of drug-likeness (QED) is 0.928. The van der Waals surface area contributed by atoms with Crippen LogP contribution < -0.4 is 4.74 Å². The van der Waals surface area contributed by atoms with Crippen molar-refractivity contribution in [2.45, 2.75) is 13.2 Å². The van der Waals surface area contributed by atoms with Gasteiger partial charge < -0.3 is 9.84 Å². The molecular formula is C14H11ClF2O2. The van der Waals surface area contributed by atoms with Crippen molar-refractivity contribution in [2.75, 3.05) is 0 Å². The van der Waals surface area contributed by atoms with Gasteiger partial charge in [0, 0.05) is 16.1 Å². The number of aliphatic hydroxyl groups excluding tert-OH is 1. The molecule has 0 unspecified atom stereocenters. The van der Waals surface area contributed by atoms with Crippen LogP contribution in [0.1, 0.15) is 11.1 Å². The summed E-state index contributed by atoms with van der Waals surface area (Å²) in [6.07, 6.45) is 0. The van der Waals surface area contributed by atoms with E-state index >= 15 is 0 Å². The lowest BCUT2D eigenvalue weighted by atomic mass is 10.2. The molecule has 0 saturated carbocycles. The highest BCUT2D eigenvalue weighted by molar-refractivity contribution is 6.31. The third-order valence-electron chi connectivity index (χ3n) is 2.62. The first-order chi connectivity index (χ1) is 9.11. The molecule has 0 aliphatic carbocycles. The van der Waals surface area contributed by atoms with E-state index in [1.807, 2.05) is 0 Å². The predicted molar refractivity (Wildman–Crippen MR) is 68.1 cm³/mol. The van der Waals surface area contributed by atoms with Crippen LogP contribution in [0, 0.1) is 11.6 Å². The van der Waals surface area contributed by atoms with E-state index in [1.165, 1.54) is 0 Å². The van der Waals surface area contributed by atoms with Crippen molar-refractivity contribution in [3.05, 3.63) is 64.2 Å². The largest absolute Gasteiger partial charge is 0.488 e. The van der Waals surface area contributed by atoms with Crippen molar-refractivity contribution in [3.63, 3.8) is 0 Å². The fourth-order valence-electron chi connectivity index (χ4n) is 1.64. The second-order valence-electron chi connectivity index (χ2n) is 3.90. The molecule has 0 aliphatic rings. The monoisotopic (exact) mass is 284 g/mol. The van der Waals surface area contributed by atoms with E-state index in [9.17, 15) is 13.9 Å². The van der Waals surface area contributed by atoms with Crippen molar-refractivity contribution in [2.24, 2.45) is 0 Å². The summed E-state index contributed by atoms with van der Waals surface area (Å²) in [5, 5.41) is 9.56. The number of hydrogen-bond acceptors (Lipinski definition) is 2. The lowest BCUT2D eigenvalue weighted by Gasteiger charge is -2.11. The van der Waals surface area contributed by atoms with Crippen LogP contribution >= 0.6 is 11.6 Å². The van der Waals surface area contributed by atoms with Gasteiger partial charge in [-0.25, -0.2) is 8.78 Å². The average Bonchev–Trinajstić information content (AvgIpc) is 2.40. The first kappa shape index (κ1) is 13.8. The van der Waals surface area contributed by atoms with Gasteiger partial charge in [-0.2, -0.15) is 0 Å². The summed E-state index contributed by atoms with van der Waals surface area (Å²) in [6.45, 7) is -0.433. The van der Waals surface area contributed by atoms with Gasteiger partial charge >= 0.3 is 0 Å². The van der Waals surface area contributed by atoms with Crippen LogP contribution in [0.5, 0.6) is 5.75 Å². The normalized spacial score (nSPS) is 10.5. The SMILES string of the molecule is OCc1c(Cl)cccc1OCc1cc(F)ccc1F. The van der Waals surface area contributed by atoms with E-state index in [0.29, 0.717) is 16.3 Å². The van der Waals surface area contributed by atoms with Gasteiger partial charge in [-0.15, -0.1) is 0 Å². The lowest BCUT2D eigenvalue weighted by molar-refractivity contribution is 0.257. The van der Waals surface area contributed by atoms with Crippen LogP contribution in [-0.2, 0) is 13.2 Å². The maximum atomic E-state index is 13.4. The van der Waals surface area contributed by atoms with Gasteiger partial charge in [0.2, 0.25) is 0 Å². The fourth-order valence-corrected chi connectivity index (χ4v) is 1.86. The van der Waals surface area contributed by atoms with Gasteiger partial charge in [0.1, 0.15) is 24.0 Å². The second-order valence-corrected chi connectivity index (χ2v) is 4.31. The zero-order chi connectivity index (χ0) is 13.8. The lowest BCUT2D eigenvalue weighted by Crippen LogP contribution is -2.02. The second kappa shape index (κ2) is 5.99. The molecule has 0 aliphatic heterocycles. The average molecular weight is 285 g/mol. The number of aliphatic hydroxyl groups is 1. The van der Waals surface area contributed by atoms with Crippen molar-refractivity contribution >= 4 is 11.6 Å². The van der Waals surface area contributed by atoms with Crippen molar-refractivity contribution in [1.29, 1.82) is 0 Å². The highest BCUT2D eigenvalue weighted by Crippen LogP contribution is 2.27. The van der Waals surface area contributed by atoms with E-state index in [2.05, 4.69) is 0 Å². The molecule has 2 aromatic carbocycles. The number of halogens is 3. The minimum Gasteiger partial charge on any atom is -0.488 e. The Kier molecular flexibility index (Phi) is 4.35. The Morgan fingerprint density at radius 3 is 2.68 bits per heavy atom. The molecule has 0 radical (unpaired) electrons. The van der Waals surface area contributed by atoms with Crippen LogP contribution in [0.2, 0.25) is 5.02 Å². The standard InChI is InChI=1S/C14H11ClF2O2/c15-12-2-1-3-14(11(12)7-18)19-8-9-6-10(16)4-5-13(9)17/h1-6,18H,7-8H2. The number of rotatable bonds is 4. The molecule has 0 spiro atoms. The molecule has 100 valence electrons. The molecular weight excluding hydrogens is 274 g/mol. The summed E-state index contributed by atoms with van der Waals surface area (Å²) in [4.78, 5) is 0. The molecule has 0 amide bonds. The van der Waals surface area contributed by atoms with Gasteiger partial charge in [0.05, 0.1) is 6.61 Å². The summed E-state index contributed by atoms with van der Waals surface area (Å²) in [5.74, 6) is -0.735. The first-order valence-electron chi connectivity index (χ1n) is 5.57. The van der Waals surface area contributed by atoms with E-state index < -0.39 is 11.6 Å². The minimum atomic E-state index is -0.547. The Bertz CT molecular complexity index is 588. The van der Waals surface area contributed by atoms with Crippen LogP contribution in [0.25, 0.3) is 0 Å². The molecule has 0 bridgehead atoms.